The Morgan fingerprint density at radius 2 is 1.46 bits per heavy atom. The van der Waals surface area contributed by atoms with Crippen LogP contribution in [0.4, 0.5) is 11.4 Å². The van der Waals surface area contributed by atoms with Gasteiger partial charge in [0.05, 0.1) is 5.02 Å². The molecule has 0 aliphatic heterocycles. The molecule has 0 aliphatic rings. The van der Waals surface area contributed by atoms with E-state index in [0.29, 0.717) is 28.6 Å². The Morgan fingerprint density at radius 3 is 2.11 bits per heavy atom. The van der Waals surface area contributed by atoms with Gasteiger partial charge in [-0.3, -0.25) is 14.4 Å². The third-order valence-electron chi connectivity index (χ3n) is 5.61. The Kier molecular flexibility index (Phi) is 10.5. The van der Waals surface area contributed by atoms with E-state index >= 15 is 0 Å². The SMILES string of the molecule is CCc1cccc(CC)c1NC(=O)COC(=O)CCCC(=O)Nc1ccc(Oc2ccccc2Cl)cc1. The predicted octanol–water partition coefficient (Wildman–Crippen LogP) is 6.55. The van der Waals surface area contributed by atoms with Gasteiger partial charge >= 0.3 is 5.97 Å². The molecule has 0 saturated carbocycles. The highest BCUT2D eigenvalue weighted by Gasteiger charge is 2.13. The third kappa shape index (κ3) is 8.65. The molecule has 3 aromatic carbocycles. The van der Waals surface area contributed by atoms with Crippen LogP contribution < -0.4 is 15.4 Å². The monoisotopic (exact) mass is 522 g/mol. The molecule has 0 spiro atoms. The standard InChI is InChI=1S/C29H31ClN2O5/c1-3-20-9-7-10-21(4-2)29(20)32-27(34)19-36-28(35)14-8-13-26(33)31-22-15-17-23(18-16-22)37-25-12-6-5-11-24(25)30/h5-7,9-12,15-18H,3-4,8,13-14,19H2,1-2H3,(H,31,33)(H,32,34). The zero-order chi connectivity index (χ0) is 26.6. The van der Waals surface area contributed by atoms with E-state index in [1.54, 1.807) is 36.4 Å². The average molecular weight is 523 g/mol. The number of rotatable bonds is 12. The molecule has 3 rings (SSSR count). The van der Waals surface area contributed by atoms with Crippen LogP contribution >= 0.6 is 11.6 Å². The molecule has 0 aliphatic carbocycles. The van der Waals surface area contributed by atoms with Crippen molar-refractivity contribution < 1.29 is 23.9 Å². The van der Waals surface area contributed by atoms with Gasteiger partial charge in [0.2, 0.25) is 5.91 Å². The van der Waals surface area contributed by atoms with Crippen molar-refractivity contribution in [3.63, 3.8) is 0 Å². The van der Waals surface area contributed by atoms with Crippen LogP contribution in [-0.4, -0.2) is 24.4 Å². The summed E-state index contributed by atoms with van der Waals surface area (Å²) in [6.45, 7) is 3.67. The molecule has 0 saturated heterocycles. The number of nitrogens with one attached hydrogen (secondary N) is 2. The number of hydrogen-bond donors (Lipinski definition) is 2. The molecule has 0 fully saturated rings. The highest BCUT2D eigenvalue weighted by atomic mass is 35.5. The normalized spacial score (nSPS) is 10.5. The number of carbonyl (C=O) groups excluding carboxylic acids is 3. The molecule has 0 atom stereocenters. The van der Waals surface area contributed by atoms with Crippen molar-refractivity contribution >= 4 is 40.8 Å². The van der Waals surface area contributed by atoms with Crippen molar-refractivity contribution in [1.29, 1.82) is 0 Å². The minimum absolute atomic E-state index is 0.0388. The smallest absolute Gasteiger partial charge is 0.306 e. The van der Waals surface area contributed by atoms with Crippen LogP contribution in [0.1, 0.15) is 44.2 Å². The number of halogens is 1. The first-order valence-corrected chi connectivity index (χ1v) is 12.7. The van der Waals surface area contributed by atoms with Gasteiger partial charge in [0, 0.05) is 24.2 Å². The molecule has 194 valence electrons. The second-order valence-electron chi connectivity index (χ2n) is 8.33. The van der Waals surface area contributed by atoms with E-state index in [1.165, 1.54) is 0 Å². The number of para-hydroxylation sites is 2. The Hall–Kier alpha value is -3.84. The number of esters is 1. The van der Waals surface area contributed by atoms with Crippen LogP contribution in [-0.2, 0) is 32.0 Å². The minimum atomic E-state index is -0.525. The van der Waals surface area contributed by atoms with Gasteiger partial charge in [-0.15, -0.1) is 0 Å². The number of amides is 2. The zero-order valence-corrected chi connectivity index (χ0v) is 21.8. The molecule has 3 aromatic rings. The van der Waals surface area contributed by atoms with Gasteiger partial charge in [-0.05, 0) is 66.8 Å². The van der Waals surface area contributed by atoms with Gasteiger partial charge in [0.1, 0.15) is 11.5 Å². The van der Waals surface area contributed by atoms with E-state index in [2.05, 4.69) is 10.6 Å². The number of carbonyl (C=O) groups is 3. The van der Waals surface area contributed by atoms with Gasteiger partial charge < -0.3 is 20.1 Å². The van der Waals surface area contributed by atoms with Crippen LogP contribution in [0.25, 0.3) is 0 Å². The molecular formula is C29H31ClN2O5. The molecule has 0 aromatic heterocycles. The van der Waals surface area contributed by atoms with Crippen molar-refractivity contribution in [3.05, 3.63) is 82.9 Å². The van der Waals surface area contributed by atoms with Crippen LogP contribution in [0.5, 0.6) is 11.5 Å². The summed E-state index contributed by atoms with van der Waals surface area (Å²) in [5.41, 5.74) is 3.46. The number of ether oxygens (including phenoxy) is 2. The quantitative estimate of drug-likeness (QED) is 0.263. The fourth-order valence-corrected chi connectivity index (χ4v) is 3.85. The van der Waals surface area contributed by atoms with Crippen molar-refractivity contribution in [2.75, 3.05) is 17.2 Å². The maximum absolute atomic E-state index is 12.3. The topological polar surface area (TPSA) is 93.7 Å². The average Bonchev–Trinajstić information content (AvgIpc) is 2.90. The fraction of sp³-hybridized carbons (Fsp3) is 0.276. The van der Waals surface area contributed by atoms with Gasteiger partial charge in [0.15, 0.2) is 6.61 Å². The van der Waals surface area contributed by atoms with E-state index in [4.69, 9.17) is 21.1 Å². The lowest BCUT2D eigenvalue weighted by molar-refractivity contribution is -0.147. The van der Waals surface area contributed by atoms with Gasteiger partial charge in [0.25, 0.3) is 5.91 Å². The molecule has 7 nitrogen and oxygen atoms in total. The molecule has 2 amide bonds. The Bertz CT molecular complexity index is 1200. The predicted molar refractivity (Wildman–Crippen MR) is 145 cm³/mol. The summed E-state index contributed by atoms with van der Waals surface area (Å²) in [5, 5.41) is 6.15. The molecular weight excluding hydrogens is 492 g/mol. The van der Waals surface area contributed by atoms with Crippen molar-refractivity contribution in [2.24, 2.45) is 0 Å². The van der Waals surface area contributed by atoms with Crippen LogP contribution in [0, 0.1) is 0 Å². The molecule has 0 radical (unpaired) electrons. The summed E-state index contributed by atoms with van der Waals surface area (Å²) < 4.78 is 10.8. The van der Waals surface area contributed by atoms with Crippen molar-refractivity contribution in [2.45, 2.75) is 46.0 Å². The molecule has 0 bridgehead atoms. The molecule has 0 heterocycles. The van der Waals surface area contributed by atoms with Crippen molar-refractivity contribution in [1.82, 2.24) is 0 Å². The Labute approximate surface area is 222 Å². The Balaban J connectivity index is 1.37. The van der Waals surface area contributed by atoms with Gasteiger partial charge in [-0.1, -0.05) is 55.8 Å². The third-order valence-corrected chi connectivity index (χ3v) is 5.93. The lowest BCUT2D eigenvalue weighted by Crippen LogP contribution is -2.22. The summed E-state index contributed by atoms with van der Waals surface area (Å²) in [4.78, 5) is 36.6. The Morgan fingerprint density at radius 1 is 0.784 bits per heavy atom. The highest BCUT2D eigenvalue weighted by molar-refractivity contribution is 6.32. The van der Waals surface area contributed by atoms with E-state index in [9.17, 15) is 14.4 Å². The summed E-state index contributed by atoms with van der Waals surface area (Å²) in [6, 6.07) is 19.9. The van der Waals surface area contributed by atoms with E-state index in [-0.39, 0.29) is 31.3 Å². The first-order chi connectivity index (χ1) is 17.9. The zero-order valence-electron chi connectivity index (χ0n) is 21.0. The van der Waals surface area contributed by atoms with E-state index < -0.39 is 5.97 Å². The van der Waals surface area contributed by atoms with Gasteiger partial charge in [-0.25, -0.2) is 0 Å². The molecule has 0 unspecified atom stereocenters. The number of benzene rings is 3. The van der Waals surface area contributed by atoms with Crippen LogP contribution in [0.3, 0.4) is 0 Å². The fourth-order valence-electron chi connectivity index (χ4n) is 3.67. The molecule has 2 N–H and O–H groups in total. The molecule has 8 heteroatoms. The summed E-state index contributed by atoms with van der Waals surface area (Å²) in [7, 11) is 0. The highest BCUT2D eigenvalue weighted by Crippen LogP contribution is 2.29. The van der Waals surface area contributed by atoms with Crippen molar-refractivity contribution in [3.8, 4) is 11.5 Å². The van der Waals surface area contributed by atoms with E-state index in [1.807, 2.05) is 44.2 Å². The first-order valence-electron chi connectivity index (χ1n) is 12.3. The van der Waals surface area contributed by atoms with Gasteiger partial charge in [-0.2, -0.15) is 0 Å². The van der Waals surface area contributed by atoms with Crippen LogP contribution in [0.2, 0.25) is 5.02 Å². The van der Waals surface area contributed by atoms with Crippen LogP contribution in [0.15, 0.2) is 66.7 Å². The lowest BCUT2D eigenvalue weighted by Gasteiger charge is -2.14. The number of hydrogen-bond acceptors (Lipinski definition) is 5. The second kappa shape index (κ2) is 14.0. The second-order valence-corrected chi connectivity index (χ2v) is 8.73. The summed E-state index contributed by atoms with van der Waals surface area (Å²) in [5.74, 6) is -0.00968. The van der Waals surface area contributed by atoms with E-state index in [0.717, 1.165) is 29.7 Å². The largest absolute Gasteiger partial charge is 0.456 e. The summed E-state index contributed by atoms with van der Waals surface area (Å²) >= 11 is 6.10. The maximum Gasteiger partial charge on any atom is 0.306 e. The maximum atomic E-state index is 12.3. The number of aryl methyl sites for hydroxylation is 2. The first kappa shape index (κ1) is 27.7. The lowest BCUT2D eigenvalue weighted by atomic mass is 10.0. The minimum Gasteiger partial charge on any atom is -0.456 e. The molecule has 37 heavy (non-hydrogen) atoms. The summed E-state index contributed by atoms with van der Waals surface area (Å²) in [6.07, 6.45) is 2.05. The number of anilines is 2.